The van der Waals surface area contributed by atoms with Gasteiger partial charge in [0.05, 0.1) is 18.0 Å². The Morgan fingerprint density at radius 1 is 1.00 bits per heavy atom. The van der Waals surface area contributed by atoms with Gasteiger partial charge in [0.25, 0.3) is 0 Å². The van der Waals surface area contributed by atoms with Crippen LogP contribution in [0.2, 0.25) is 0 Å². The molecule has 0 radical (unpaired) electrons. The molecule has 0 aliphatic heterocycles. The number of hydrogen-bond donors (Lipinski definition) is 2. The molecule has 4 heteroatoms. The number of nitrogens with zero attached hydrogens (tertiary/aromatic N) is 2. The van der Waals surface area contributed by atoms with E-state index in [0.717, 1.165) is 16.8 Å². The average Bonchev–Trinajstić information content (AvgIpc) is 2.40. The maximum absolute atomic E-state index is 9.48. The van der Waals surface area contributed by atoms with Crippen molar-refractivity contribution in [1.82, 2.24) is 0 Å². The predicted molar refractivity (Wildman–Crippen MR) is 74.1 cm³/mol. The van der Waals surface area contributed by atoms with E-state index in [0.29, 0.717) is 11.3 Å². The van der Waals surface area contributed by atoms with E-state index in [1.165, 1.54) is 6.07 Å². The lowest BCUT2D eigenvalue weighted by atomic mass is 10.1. The number of benzene rings is 2. The van der Waals surface area contributed by atoms with Gasteiger partial charge in [0.1, 0.15) is 5.75 Å². The van der Waals surface area contributed by atoms with Crippen molar-refractivity contribution in [2.24, 2.45) is 10.2 Å². The Bertz CT molecular complexity index is 601. The van der Waals surface area contributed by atoms with Crippen LogP contribution in [0.3, 0.4) is 0 Å². The largest absolute Gasteiger partial charge is 0.508 e. The quantitative estimate of drug-likeness (QED) is 0.817. The third kappa shape index (κ3) is 2.98. The van der Waals surface area contributed by atoms with Gasteiger partial charge in [-0.2, -0.15) is 10.2 Å². The van der Waals surface area contributed by atoms with E-state index in [-0.39, 0.29) is 12.4 Å². The van der Waals surface area contributed by atoms with Crippen LogP contribution in [-0.2, 0) is 6.61 Å². The van der Waals surface area contributed by atoms with Gasteiger partial charge < -0.3 is 10.2 Å². The van der Waals surface area contributed by atoms with Gasteiger partial charge in [-0.3, -0.25) is 0 Å². The van der Waals surface area contributed by atoms with E-state index in [9.17, 15) is 5.11 Å². The van der Waals surface area contributed by atoms with Gasteiger partial charge in [0.15, 0.2) is 0 Å². The molecule has 4 nitrogen and oxygen atoms in total. The van der Waals surface area contributed by atoms with Crippen molar-refractivity contribution < 1.29 is 10.2 Å². The molecule has 19 heavy (non-hydrogen) atoms. The van der Waals surface area contributed by atoms with Crippen molar-refractivity contribution in [3.05, 3.63) is 53.1 Å². The van der Waals surface area contributed by atoms with Crippen LogP contribution in [-0.4, -0.2) is 10.2 Å². The van der Waals surface area contributed by atoms with Crippen LogP contribution in [0.15, 0.2) is 46.6 Å². The fraction of sp³-hybridized carbons (Fsp3) is 0.200. The number of aryl methyl sites for hydroxylation is 2. The van der Waals surface area contributed by atoms with Gasteiger partial charge in [-0.05, 0) is 43.2 Å². The van der Waals surface area contributed by atoms with Crippen molar-refractivity contribution in [3.8, 4) is 5.75 Å². The molecule has 0 aromatic heterocycles. The standard InChI is InChI=1S/C15H16N2O2/c1-10-4-3-5-11(2)15(10)17-16-13-6-7-14(19)12(8-13)9-18/h3-8,18-19H,9H2,1-2H3. The molecule has 0 aliphatic rings. The molecule has 0 bridgehead atoms. The van der Waals surface area contributed by atoms with Crippen LogP contribution in [0.4, 0.5) is 11.4 Å². The zero-order chi connectivity index (χ0) is 13.8. The zero-order valence-electron chi connectivity index (χ0n) is 11.0. The first kappa shape index (κ1) is 13.2. The second kappa shape index (κ2) is 5.63. The van der Waals surface area contributed by atoms with E-state index in [4.69, 9.17) is 5.11 Å². The summed E-state index contributed by atoms with van der Waals surface area (Å²) in [5.74, 6) is 0.0634. The van der Waals surface area contributed by atoms with E-state index >= 15 is 0 Å². The minimum absolute atomic E-state index is 0.0634. The molecular weight excluding hydrogens is 240 g/mol. The fourth-order valence-electron chi connectivity index (χ4n) is 1.83. The van der Waals surface area contributed by atoms with E-state index < -0.39 is 0 Å². The molecule has 2 rings (SSSR count). The topological polar surface area (TPSA) is 65.2 Å². The molecule has 2 aromatic carbocycles. The van der Waals surface area contributed by atoms with Crippen LogP contribution >= 0.6 is 0 Å². The maximum atomic E-state index is 9.48. The number of hydrogen-bond acceptors (Lipinski definition) is 4. The summed E-state index contributed by atoms with van der Waals surface area (Å²) in [7, 11) is 0. The van der Waals surface area contributed by atoms with Crippen molar-refractivity contribution in [1.29, 1.82) is 0 Å². The lowest BCUT2D eigenvalue weighted by molar-refractivity contribution is 0.275. The molecule has 0 saturated heterocycles. The molecule has 2 aromatic rings. The van der Waals surface area contributed by atoms with Crippen LogP contribution in [0, 0.1) is 13.8 Å². The van der Waals surface area contributed by atoms with Gasteiger partial charge in [-0.25, -0.2) is 0 Å². The summed E-state index contributed by atoms with van der Waals surface area (Å²) in [6.45, 7) is 3.74. The molecule has 0 saturated carbocycles. The summed E-state index contributed by atoms with van der Waals surface area (Å²) < 4.78 is 0. The number of aliphatic hydroxyl groups is 1. The van der Waals surface area contributed by atoms with Gasteiger partial charge in [-0.1, -0.05) is 18.2 Å². The average molecular weight is 256 g/mol. The molecule has 0 aliphatic carbocycles. The highest BCUT2D eigenvalue weighted by Gasteiger charge is 2.02. The molecule has 0 fully saturated rings. The summed E-state index contributed by atoms with van der Waals surface area (Å²) in [6.07, 6.45) is 0. The molecular formula is C15H16N2O2. The van der Waals surface area contributed by atoms with Gasteiger partial charge in [0, 0.05) is 5.56 Å². The molecule has 2 N–H and O–H groups in total. The molecule has 0 unspecified atom stereocenters. The molecule has 0 spiro atoms. The van der Waals surface area contributed by atoms with Gasteiger partial charge >= 0.3 is 0 Å². The van der Waals surface area contributed by atoms with Crippen molar-refractivity contribution in [2.45, 2.75) is 20.5 Å². The summed E-state index contributed by atoms with van der Waals surface area (Å²) >= 11 is 0. The highest BCUT2D eigenvalue weighted by atomic mass is 16.3. The second-order valence-corrected chi connectivity index (χ2v) is 4.41. The van der Waals surface area contributed by atoms with E-state index in [1.807, 2.05) is 32.0 Å². The monoisotopic (exact) mass is 256 g/mol. The Morgan fingerprint density at radius 3 is 2.32 bits per heavy atom. The van der Waals surface area contributed by atoms with Crippen LogP contribution in [0.1, 0.15) is 16.7 Å². The van der Waals surface area contributed by atoms with Crippen LogP contribution in [0.5, 0.6) is 5.75 Å². The smallest absolute Gasteiger partial charge is 0.121 e. The van der Waals surface area contributed by atoms with Crippen molar-refractivity contribution in [3.63, 3.8) is 0 Å². The Labute approximate surface area is 112 Å². The highest BCUT2D eigenvalue weighted by Crippen LogP contribution is 2.28. The predicted octanol–water partition coefficient (Wildman–Crippen LogP) is 3.92. The van der Waals surface area contributed by atoms with Gasteiger partial charge in [-0.15, -0.1) is 0 Å². The Kier molecular flexibility index (Phi) is 3.92. The zero-order valence-corrected chi connectivity index (χ0v) is 11.0. The first-order valence-corrected chi connectivity index (χ1v) is 6.02. The number of phenols is 1. The third-order valence-corrected chi connectivity index (χ3v) is 2.94. The van der Waals surface area contributed by atoms with Crippen molar-refractivity contribution >= 4 is 11.4 Å². The normalized spacial score (nSPS) is 11.1. The summed E-state index contributed by atoms with van der Waals surface area (Å²) in [4.78, 5) is 0. The number of rotatable bonds is 3. The summed E-state index contributed by atoms with van der Waals surface area (Å²) in [5, 5.41) is 27.0. The lowest BCUT2D eigenvalue weighted by Gasteiger charge is -2.03. The molecule has 0 amide bonds. The number of aromatic hydroxyl groups is 1. The van der Waals surface area contributed by atoms with Crippen LogP contribution in [0.25, 0.3) is 0 Å². The fourth-order valence-corrected chi connectivity index (χ4v) is 1.83. The molecule has 0 atom stereocenters. The van der Waals surface area contributed by atoms with Crippen molar-refractivity contribution in [2.75, 3.05) is 0 Å². The Hall–Kier alpha value is -2.20. The molecule has 0 heterocycles. The first-order valence-electron chi connectivity index (χ1n) is 6.02. The third-order valence-electron chi connectivity index (χ3n) is 2.94. The highest BCUT2D eigenvalue weighted by molar-refractivity contribution is 5.52. The number of aliphatic hydroxyl groups excluding tert-OH is 1. The van der Waals surface area contributed by atoms with E-state index in [1.54, 1.807) is 12.1 Å². The summed E-state index contributed by atoms with van der Waals surface area (Å²) in [5.41, 5.74) is 4.01. The Morgan fingerprint density at radius 2 is 1.68 bits per heavy atom. The SMILES string of the molecule is Cc1cccc(C)c1N=Nc1ccc(O)c(CO)c1. The van der Waals surface area contributed by atoms with E-state index in [2.05, 4.69) is 10.2 Å². The second-order valence-electron chi connectivity index (χ2n) is 4.41. The Balaban J connectivity index is 2.33. The minimum Gasteiger partial charge on any atom is -0.508 e. The lowest BCUT2D eigenvalue weighted by Crippen LogP contribution is -1.83. The minimum atomic E-state index is -0.224. The summed E-state index contributed by atoms with van der Waals surface area (Å²) in [6, 6.07) is 10.7. The number of azo groups is 1. The van der Waals surface area contributed by atoms with Crippen LogP contribution < -0.4 is 0 Å². The van der Waals surface area contributed by atoms with Gasteiger partial charge in [0.2, 0.25) is 0 Å². The maximum Gasteiger partial charge on any atom is 0.121 e. The molecule has 98 valence electrons. The first-order chi connectivity index (χ1) is 9.11.